The van der Waals surface area contributed by atoms with Gasteiger partial charge in [0.1, 0.15) is 12.1 Å². The molecule has 0 aromatic rings. The minimum absolute atomic E-state index is 0.131. The highest BCUT2D eigenvalue weighted by Gasteiger charge is 2.41. The fourth-order valence-corrected chi connectivity index (χ4v) is 2.40. The van der Waals surface area contributed by atoms with Crippen molar-refractivity contribution in [3.05, 3.63) is 0 Å². The Labute approximate surface area is 118 Å². The molecule has 0 bridgehead atoms. The smallest absolute Gasteiger partial charge is 0.407 e. The molecule has 0 aliphatic carbocycles. The van der Waals surface area contributed by atoms with Gasteiger partial charge in [0, 0.05) is 6.54 Å². The first-order chi connectivity index (χ1) is 9.27. The van der Waals surface area contributed by atoms with Gasteiger partial charge in [0.25, 0.3) is 0 Å². The van der Waals surface area contributed by atoms with E-state index in [1.54, 1.807) is 13.8 Å². The molecular formula is C13H22N2O5. The van der Waals surface area contributed by atoms with Gasteiger partial charge in [-0.1, -0.05) is 20.8 Å². The van der Waals surface area contributed by atoms with Crippen LogP contribution in [0.25, 0.3) is 0 Å². The zero-order valence-electron chi connectivity index (χ0n) is 12.3. The molecule has 1 aliphatic heterocycles. The molecule has 20 heavy (non-hydrogen) atoms. The van der Waals surface area contributed by atoms with E-state index in [-0.39, 0.29) is 17.7 Å². The summed E-state index contributed by atoms with van der Waals surface area (Å²) >= 11 is 0. The Hall–Kier alpha value is -1.79. The summed E-state index contributed by atoms with van der Waals surface area (Å²) in [5.41, 5.74) is 0. The lowest BCUT2D eigenvalue weighted by molar-refractivity contribution is -0.149. The number of amides is 2. The van der Waals surface area contributed by atoms with Gasteiger partial charge in [0.2, 0.25) is 5.91 Å². The van der Waals surface area contributed by atoms with Crippen LogP contribution in [-0.4, -0.2) is 53.7 Å². The SMILES string of the molecule is COC(=O)NC(C(=O)N1CC(C)CC1C(=O)O)C(C)C. The molecule has 0 saturated carbocycles. The number of carbonyl (C=O) groups is 3. The molecule has 1 heterocycles. The molecule has 7 nitrogen and oxygen atoms in total. The van der Waals surface area contributed by atoms with Crippen molar-refractivity contribution in [3.8, 4) is 0 Å². The third kappa shape index (κ3) is 3.61. The molecule has 0 radical (unpaired) electrons. The van der Waals surface area contributed by atoms with Crippen LogP contribution in [0.5, 0.6) is 0 Å². The summed E-state index contributed by atoms with van der Waals surface area (Å²) in [6, 6.07) is -1.60. The van der Waals surface area contributed by atoms with Crippen LogP contribution >= 0.6 is 0 Å². The quantitative estimate of drug-likeness (QED) is 0.792. The Kier molecular flexibility index (Phi) is 5.35. The molecule has 0 aromatic carbocycles. The fourth-order valence-electron chi connectivity index (χ4n) is 2.40. The number of nitrogens with zero attached hydrogens (tertiary/aromatic N) is 1. The van der Waals surface area contributed by atoms with Crippen molar-refractivity contribution in [1.29, 1.82) is 0 Å². The van der Waals surface area contributed by atoms with Gasteiger partial charge in [-0.25, -0.2) is 9.59 Å². The topological polar surface area (TPSA) is 95.9 Å². The van der Waals surface area contributed by atoms with Crippen molar-refractivity contribution in [2.75, 3.05) is 13.7 Å². The maximum absolute atomic E-state index is 12.5. The lowest BCUT2D eigenvalue weighted by atomic mass is 10.0. The van der Waals surface area contributed by atoms with Gasteiger partial charge in [-0.15, -0.1) is 0 Å². The number of rotatable bonds is 4. The predicted octanol–water partition coefficient (Wildman–Crippen LogP) is 0.689. The maximum Gasteiger partial charge on any atom is 0.407 e. The van der Waals surface area contributed by atoms with Gasteiger partial charge in [-0.3, -0.25) is 4.79 Å². The number of methoxy groups -OCH3 is 1. The number of alkyl carbamates (subject to hydrolysis) is 1. The van der Waals surface area contributed by atoms with Crippen molar-refractivity contribution in [2.24, 2.45) is 11.8 Å². The van der Waals surface area contributed by atoms with Gasteiger partial charge < -0.3 is 20.1 Å². The van der Waals surface area contributed by atoms with E-state index >= 15 is 0 Å². The third-order valence-corrected chi connectivity index (χ3v) is 3.47. The van der Waals surface area contributed by atoms with E-state index in [0.717, 1.165) is 0 Å². The number of likely N-dealkylation sites (tertiary alicyclic amines) is 1. The van der Waals surface area contributed by atoms with Gasteiger partial charge in [0.05, 0.1) is 7.11 Å². The van der Waals surface area contributed by atoms with Crippen LogP contribution in [0.15, 0.2) is 0 Å². The van der Waals surface area contributed by atoms with Crippen LogP contribution in [0.1, 0.15) is 27.2 Å². The largest absolute Gasteiger partial charge is 0.480 e. The number of hydrogen-bond acceptors (Lipinski definition) is 4. The summed E-state index contributed by atoms with van der Waals surface area (Å²) < 4.78 is 4.50. The minimum atomic E-state index is -1.01. The van der Waals surface area contributed by atoms with Crippen molar-refractivity contribution >= 4 is 18.0 Å². The number of carbonyl (C=O) groups excluding carboxylic acids is 2. The molecule has 1 rings (SSSR count). The Morgan fingerprint density at radius 1 is 1.35 bits per heavy atom. The first-order valence-corrected chi connectivity index (χ1v) is 6.65. The van der Waals surface area contributed by atoms with Crippen LogP contribution in [0, 0.1) is 11.8 Å². The van der Waals surface area contributed by atoms with Crippen molar-refractivity contribution < 1.29 is 24.2 Å². The van der Waals surface area contributed by atoms with Crippen molar-refractivity contribution in [3.63, 3.8) is 0 Å². The van der Waals surface area contributed by atoms with Crippen LogP contribution in [0.2, 0.25) is 0 Å². The standard InChI is InChI=1S/C13H22N2O5/c1-7(2)10(14-13(19)20-4)11(16)15-6-8(3)5-9(15)12(17)18/h7-10H,5-6H2,1-4H3,(H,14,19)(H,17,18). The second-order valence-corrected chi connectivity index (χ2v) is 5.54. The van der Waals surface area contributed by atoms with Gasteiger partial charge in [0.15, 0.2) is 0 Å². The molecule has 0 spiro atoms. The number of carboxylic acids is 1. The number of ether oxygens (including phenoxy) is 1. The van der Waals surface area contributed by atoms with Crippen LogP contribution in [0.3, 0.4) is 0 Å². The van der Waals surface area contributed by atoms with Crippen LogP contribution in [-0.2, 0) is 14.3 Å². The highest BCUT2D eigenvalue weighted by molar-refractivity contribution is 5.90. The van der Waals surface area contributed by atoms with Gasteiger partial charge in [-0.2, -0.15) is 0 Å². The summed E-state index contributed by atoms with van der Waals surface area (Å²) in [6.07, 6.45) is -0.263. The van der Waals surface area contributed by atoms with Crippen LogP contribution in [0.4, 0.5) is 4.79 Å². The summed E-state index contributed by atoms with van der Waals surface area (Å²) in [4.78, 5) is 36.4. The normalized spacial score (nSPS) is 23.6. The van der Waals surface area contributed by atoms with Crippen LogP contribution < -0.4 is 5.32 Å². The van der Waals surface area contributed by atoms with E-state index in [9.17, 15) is 19.5 Å². The first-order valence-electron chi connectivity index (χ1n) is 6.65. The number of nitrogens with one attached hydrogen (secondary N) is 1. The highest BCUT2D eigenvalue weighted by Crippen LogP contribution is 2.24. The molecule has 2 N–H and O–H groups in total. The molecule has 3 unspecified atom stereocenters. The Balaban J connectivity index is 2.88. The predicted molar refractivity (Wildman–Crippen MR) is 71.1 cm³/mol. The second kappa shape index (κ2) is 6.58. The first kappa shape index (κ1) is 16.3. The average molecular weight is 286 g/mol. The van der Waals surface area contributed by atoms with Crippen molar-refractivity contribution in [1.82, 2.24) is 10.2 Å². The molecule has 0 aromatic heterocycles. The summed E-state index contributed by atoms with van der Waals surface area (Å²) in [6.45, 7) is 5.87. The van der Waals surface area contributed by atoms with E-state index in [0.29, 0.717) is 13.0 Å². The Bertz CT molecular complexity index is 396. The van der Waals surface area contributed by atoms with E-state index in [2.05, 4.69) is 10.1 Å². The van der Waals surface area contributed by atoms with E-state index in [1.807, 2.05) is 6.92 Å². The lowest BCUT2D eigenvalue weighted by Gasteiger charge is -2.29. The lowest BCUT2D eigenvalue weighted by Crippen LogP contribution is -2.53. The highest BCUT2D eigenvalue weighted by atomic mass is 16.5. The minimum Gasteiger partial charge on any atom is -0.480 e. The zero-order chi connectivity index (χ0) is 15.4. The molecule has 1 aliphatic rings. The molecule has 7 heteroatoms. The van der Waals surface area contributed by atoms with E-state index < -0.39 is 24.1 Å². The third-order valence-electron chi connectivity index (χ3n) is 3.47. The van der Waals surface area contributed by atoms with E-state index in [1.165, 1.54) is 12.0 Å². The summed E-state index contributed by atoms with van der Waals surface area (Å²) in [7, 11) is 1.22. The average Bonchev–Trinajstić information content (AvgIpc) is 2.76. The van der Waals surface area contributed by atoms with Gasteiger partial charge >= 0.3 is 12.1 Å². The zero-order valence-corrected chi connectivity index (χ0v) is 12.3. The van der Waals surface area contributed by atoms with Gasteiger partial charge in [-0.05, 0) is 18.3 Å². The molecule has 3 atom stereocenters. The number of aliphatic carboxylic acids is 1. The van der Waals surface area contributed by atoms with E-state index in [4.69, 9.17) is 0 Å². The fraction of sp³-hybridized carbons (Fsp3) is 0.769. The molecule has 1 fully saturated rings. The molecule has 2 amide bonds. The maximum atomic E-state index is 12.5. The molecular weight excluding hydrogens is 264 g/mol. The number of hydrogen-bond donors (Lipinski definition) is 2. The summed E-state index contributed by atoms with van der Waals surface area (Å²) in [5.74, 6) is -1.41. The molecule has 114 valence electrons. The molecule has 1 saturated heterocycles. The monoisotopic (exact) mass is 286 g/mol. The van der Waals surface area contributed by atoms with Crippen molar-refractivity contribution in [2.45, 2.75) is 39.3 Å². The second-order valence-electron chi connectivity index (χ2n) is 5.54. The Morgan fingerprint density at radius 2 is 1.95 bits per heavy atom. The Morgan fingerprint density at radius 3 is 2.40 bits per heavy atom. The number of carboxylic acid groups (broad SMARTS) is 1. The summed E-state index contributed by atoms with van der Waals surface area (Å²) in [5, 5.41) is 11.7.